The minimum absolute atomic E-state index is 0.172. The Morgan fingerprint density at radius 2 is 1.48 bits per heavy atom. The molecule has 1 heterocycles. The molecule has 1 fully saturated rings. The lowest BCUT2D eigenvalue weighted by atomic mass is 10.0. The number of halogens is 2. The first-order chi connectivity index (χ1) is 12.0. The number of rotatable bonds is 5. The summed E-state index contributed by atoms with van der Waals surface area (Å²) in [6.45, 7) is 4.27. The van der Waals surface area contributed by atoms with Crippen molar-refractivity contribution >= 4 is 34.7 Å². The van der Waals surface area contributed by atoms with Gasteiger partial charge in [0.1, 0.15) is 5.78 Å². The molecule has 2 aromatic carbocycles. The van der Waals surface area contributed by atoms with Gasteiger partial charge in [-0.1, -0.05) is 41.4 Å². The molecular formula is C20H22Cl2N2O. The zero-order valence-electron chi connectivity index (χ0n) is 14.3. The molecule has 2 aromatic rings. The van der Waals surface area contributed by atoms with Gasteiger partial charge in [0.25, 0.3) is 0 Å². The maximum absolute atomic E-state index is 12.3. The van der Waals surface area contributed by atoms with Crippen LogP contribution in [0.2, 0.25) is 10.0 Å². The minimum Gasteiger partial charge on any atom is -0.369 e. The molecule has 3 nitrogen and oxygen atoms in total. The number of hydrogen-bond donors (Lipinski definition) is 0. The third kappa shape index (κ3) is 4.97. The van der Waals surface area contributed by atoms with Crippen LogP contribution in [0.4, 0.5) is 5.69 Å². The van der Waals surface area contributed by atoms with Gasteiger partial charge in [0.05, 0.1) is 10.0 Å². The molecule has 1 aliphatic rings. The van der Waals surface area contributed by atoms with Gasteiger partial charge < -0.3 is 9.80 Å². The standard InChI is InChI=1S/C20H22Cl2N2O/c1-23-8-10-24(11-9-23)17-5-2-15(3-6-17)12-18(25)13-16-4-7-19(21)20(22)14-16/h2-7,14H,8-13H2,1H3. The highest BCUT2D eigenvalue weighted by molar-refractivity contribution is 6.42. The van der Waals surface area contributed by atoms with Gasteiger partial charge in [-0.2, -0.15) is 0 Å². The molecule has 0 bridgehead atoms. The Labute approximate surface area is 159 Å². The van der Waals surface area contributed by atoms with Crippen molar-refractivity contribution in [2.24, 2.45) is 0 Å². The summed E-state index contributed by atoms with van der Waals surface area (Å²) in [6.07, 6.45) is 0.806. The largest absolute Gasteiger partial charge is 0.369 e. The van der Waals surface area contributed by atoms with Gasteiger partial charge in [0.2, 0.25) is 0 Å². The predicted octanol–water partition coefficient (Wildman–Crippen LogP) is 4.10. The van der Waals surface area contributed by atoms with Gasteiger partial charge >= 0.3 is 0 Å². The Morgan fingerprint density at radius 3 is 2.12 bits per heavy atom. The summed E-state index contributed by atoms with van der Waals surface area (Å²) in [5.41, 5.74) is 3.17. The van der Waals surface area contributed by atoms with E-state index in [1.165, 1.54) is 5.69 Å². The third-order valence-electron chi connectivity index (χ3n) is 4.59. The van der Waals surface area contributed by atoms with Gasteiger partial charge in [0.15, 0.2) is 0 Å². The highest BCUT2D eigenvalue weighted by Gasteiger charge is 2.14. The van der Waals surface area contributed by atoms with Crippen molar-refractivity contribution in [3.63, 3.8) is 0 Å². The lowest BCUT2D eigenvalue weighted by Gasteiger charge is -2.34. The molecule has 0 N–H and O–H groups in total. The Morgan fingerprint density at radius 1 is 0.880 bits per heavy atom. The smallest absolute Gasteiger partial charge is 0.141 e. The summed E-state index contributed by atoms with van der Waals surface area (Å²) < 4.78 is 0. The zero-order chi connectivity index (χ0) is 17.8. The molecule has 3 rings (SSSR count). The number of likely N-dealkylation sites (N-methyl/N-ethyl adjacent to an activating group) is 1. The first kappa shape index (κ1) is 18.2. The average Bonchev–Trinajstić information content (AvgIpc) is 2.60. The van der Waals surface area contributed by atoms with Crippen LogP contribution in [0.1, 0.15) is 11.1 Å². The second-order valence-corrected chi connectivity index (χ2v) is 7.41. The van der Waals surface area contributed by atoms with Crippen LogP contribution in [-0.4, -0.2) is 43.9 Å². The van der Waals surface area contributed by atoms with Crippen LogP contribution in [0.25, 0.3) is 0 Å². The fourth-order valence-corrected chi connectivity index (χ4v) is 3.38. The molecule has 0 aliphatic carbocycles. The second-order valence-electron chi connectivity index (χ2n) is 6.60. The lowest BCUT2D eigenvalue weighted by molar-refractivity contribution is -0.117. The van der Waals surface area contributed by atoms with Crippen molar-refractivity contribution in [2.45, 2.75) is 12.8 Å². The third-order valence-corrected chi connectivity index (χ3v) is 5.33. The molecule has 5 heteroatoms. The van der Waals surface area contributed by atoms with Crippen LogP contribution >= 0.6 is 23.2 Å². The van der Waals surface area contributed by atoms with Crippen LogP contribution in [0.5, 0.6) is 0 Å². The number of Topliss-reactive ketones (excluding diaryl/α,β-unsaturated/α-hetero) is 1. The summed E-state index contributed by atoms with van der Waals surface area (Å²) in [7, 11) is 2.15. The number of ketones is 1. The fourth-order valence-electron chi connectivity index (χ4n) is 3.06. The topological polar surface area (TPSA) is 23.6 Å². The van der Waals surface area contributed by atoms with Crippen molar-refractivity contribution in [1.82, 2.24) is 4.90 Å². The molecule has 0 atom stereocenters. The van der Waals surface area contributed by atoms with E-state index >= 15 is 0 Å². The van der Waals surface area contributed by atoms with E-state index in [1.807, 2.05) is 6.07 Å². The molecule has 1 aliphatic heterocycles. The van der Waals surface area contributed by atoms with Gasteiger partial charge in [-0.25, -0.2) is 0 Å². The number of carbonyl (C=O) groups is 1. The zero-order valence-corrected chi connectivity index (χ0v) is 15.9. The number of carbonyl (C=O) groups excluding carboxylic acids is 1. The van der Waals surface area contributed by atoms with Crippen LogP contribution in [0.15, 0.2) is 42.5 Å². The van der Waals surface area contributed by atoms with Gasteiger partial charge in [-0.05, 0) is 42.4 Å². The van der Waals surface area contributed by atoms with Gasteiger partial charge in [0, 0.05) is 44.7 Å². The van der Waals surface area contributed by atoms with Crippen LogP contribution in [0.3, 0.4) is 0 Å². The van der Waals surface area contributed by atoms with E-state index < -0.39 is 0 Å². The number of piperazine rings is 1. The lowest BCUT2D eigenvalue weighted by Crippen LogP contribution is -2.44. The monoisotopic (exact) mass is 376 g/mol. The number of nitrogens with zero attached hydrogens (tertiary/aromatic N) is 2. The number of hydrogen-bond acceptors (Lipinski definition) is 3. The summed E-state index contributed by atoms with van der Waals surface area (Å²) in [5.74, 6) is 0.172. The van der Waals surface area contributed by atoms with Crippen LogP contribution in [0, 0.1) is 0 Å². The summed E-state index contributed by atoms with van der Waals surface area (Å²) >= 11 is 11.9. The molecule has 0 radical (unpaired) electrons. The van der Waals surface area contributed by atoms with Crippen LogP contribution < -0.4 is 4.90 Å². The van der Waals surface area contributed by atoms with E-state index in [0.29, 0.717) is 22.9 Å². The molecule has 0 aromatic heterocycles. The maximum Gasteiger partial charge on any atom is 0.141 e. The van der Waals surface area contributed by atoms with Crippen molar-refractivity contribution in [3.05, 3.63) is 63.6 Å². The Hall–Kier alpha value is -1.55. The highest BCUT2D eigenvalue weighted by atomic mass is 35.5. The molecule has 25 heavy (non-hydrogen) atoms. The molecule has 0 amide bonds. The molecule has 0 unspecified atom stereocenters. The Balaban J connectivity index is 1.57. The number of anilines is 1. The highest BCUT2D eigenvalue weighted by Crippen LogP contribution is 2.23. The van der Waals surface area contributed by atoms with E-state index in [-0.39, 0.29) is 5.78 Å². The quantitative estimate of drug-likeness (QED) is 0.784. The first-order valence-corrected chi connectivity index (χ1v) is 9.25. The summed E-state index contributed by atoms with van der Waals surface area (Å²) in [6, 6.07) is 13.7. The second kappa shape index (κ2) is 8.22. The Bertz CT molecular complexity index is 738. The Kier molecular flexibility index (Phi) is 6.00. The molecule has 0 spiro atoms. The fraction of sp³-hybridized carbons (Fsp3) is 0.350. The number of benzene rings is 2. The van der Waals surface area contributed by atoms with Gasteiger partial charge in [-0.15, -0.1) is 0 Å². The first-order valence-electron chi connectivity index (χ1n) is 8.49. The van der Waals surface area contributed by atoms with E-state index in [1.54, 1.807) is 12.1 Å². The summed E-state index contributed by atoms with van der Waals surface area (Å²) in [5, 5.41) is 1.00. The normalized spacial score (nSPS) is 15.4. The average molecular weight is 377 g/mol. The molecule has 132 valence electrons. The molecule has 0 saturated carbocycles. The minimum atomic E-state index is 0.172. The summed E-state index contributed by atoms with van der Waals surface area (Å²) in [4.78, 5) is 17.0. The van der Waals surface area contributed by atoms with Crippen molar-refractivity contribution in [1.29, 1.82) is 0 Å². The molecule has 1 saturated heterocycles. The van der Waals surface area contributed by atoms with E-state index in [4.69, 9.17) is 23.2 Å². The van der Waals surface area contributed by atoms with E-state index in [0.717, 1.165) is 37.3 Å². The SMILES string of the molecule is CN1CCN(c2ccc(CC(=O)Cc3ccc(Cl)c(Cl)c3)cc2)CC1. The van der Waals surface area contributed by atoms with Crippen molar-refractivity contribution in [2.75, 3.05) is 38.1 Å². The van der Waals surface area contributed by atoms with E-state index in [9.17, 15) is 4.79 Å². The van der Waals surface area contributed by atoms with E-state index in [2.05, 4.69) is 41.1 Å². The molecular weight excluding hydrogens is 355 g/mol. The predicted molar refractivity (Wildman–Crippen MR) is 105 cm³/mol. The van der Waals surface area contributed by atoms with Crippen LogP contribution in [-0.2, 0) is 17.6 Å². The van der Waals surface area contributed by atoms with Crippen molar-refractivity contribution < 1.29 is 4.79 Å². The maximum atomic E-state index is 12.3. The van der Waals surface area contributed by atoms with Gasteiger partial charge in [-0.3, -0.25) is 4.79 Å². The van der Waals surface area contributed by atoms with Crippen molar-refractivity contribution in [3.8, 4) is 0 Å².